The molecule has 1 aliphatic rings. The van der Waals surface area contributed by atoms with Gasteiger partial charge in [0, 0.05) is 24.2 Å². The number of aliphatic hydroxyl groups excluding tert-OH is 1. The first-order valence-electron chi connectivity index (χ1n) is 7.72. The first kappa shape index (κ1) is 15.3. The van der Waals surface area contributed by atoms with E-state index in [9.17, 15) is 5.11 Å². The lowest BCUT2D eigenvalue weighted by Gasteiger charge is -2.36. The molecule has 0 radical (unpaired) electrons. The van der Waals surface area contributed by atoms with Crippen LogP contribution in [0.15, 0.2) is 24.3 Å². The second-order valence-corrected chi connectivity index (χ2v) is 6.51. The van der Waals surface area contributed by atoms with E-state index in [1.165, 1.54) is 30.5 Å². The fourth-order valence-electron chi connectivity index (χ4n) is 3.13. The predicted octanol–water partition coefficient (Wildman–Crippen LogP) is 3.10. The van der Waals surface area contributed by atoms with E-state index in [1.807, 2.05) is 0 Å². The van der Waals surface area contributed by atoms with Crippen LogP contribution in [-0.4, -0.2) is 37.3 Å². The smallest absolute Gasteiger partial charge is 0.0504 e. The Morgan fingerprint density at radius 1 is 1.20 bits per heavy atom. The van der Waals surface area contributed by atoms with Crippen molar-refractivity contribution in [2.75, 3.05) is 32.6 Å². The zero-order chi connectivity index (χ0) is 14.4. The molecular formula is C17H28N2O. The molecule has 0 unspecified atom stereocenters. The third kappa shape index (κ3) is 4.22. The summed E-state index contributed by atoms with van der Waals surface area (Å²) < 4.78 is 0. The molecule has 1 aromatic rings. The molecule has 0 atom stereocenters. The minimum Gasteiger partial charge on any atom is -0.396 e. The summed E-state index contributed by atoms with van der Waals surface area (Å²) in [7, 11) is 4.17. The van der Waals surface area contributed by atoms with Crippen LogP contribution in [0.2, 0.25) is 0 Å². The van der Waals surface area contributed by atoms with Gasteiger partial charge >= 0.3 is 0 Å². The van der Waals surface area contributed by atoms with Gasteiger partial charge in [-0.15, -0.1) is 0 Å². The third-order valence-corrected chi connectivity index (χ3v) is 4.34. The van der Waals surface area contributed by atoms with Crippen LogP contribution in [0, 0.1) is 5.41 Å². The highest BCUT2D eigenvalue weighted by molar-refractivity contribution is 5.46. The molecule has 3 nitrogen and oxygen atoms in total. The molecule has 1 saturated carbocycles. The van der Waals surface area contributed by atoms with Crippen LogP contribution in [0.5, 0.6) is 0 Å². The van der Waals surface area contributed by atoms with E-state index in [-0.39, 0.29) is 5.41 Å². The molecule has 1 aromatic carbocycles. The predicted molar refractivity (Wildman–Crippen MR) is 84.9 cm³/mol. The SMILES string of the molecule is CN(C)Cc1cccc(NCC2(CO)CCCCC2)c1. The van der Waals surface area contributed by atoms with E-state index in [1.54, 1.807) is 0 Å². The van der Waals surface area contributed by atoms with E-state index in [0.29, 0.717) is 6.61 Å². The summed E-state index contributed by atoms with van der Waals surface area (Å²) in [5.41, 5.74) is 2.58. The van der Waals surface area contributed by atoms with Crippen LogP contribution >= 0.6 is 0 Å². The Morgan fingerprint density at radius 3 is 2.60 bits per heavy atom. The summed E-state index contributed by atoms with van der Waals surface area (Å²) in [4.78, 5) is 2.18. The molecule has 2 N–H and O–H groups in total. The van der Waals surface area contributed by atoms with Crippen LogP contribution in [-0.2, 0) is 6.54 Å². The molecule has 0 aliphatic heterocycles. The lowest BCUT2D eigenvalue weighted by molar-refractivity contribution is 0.0944. The van der Waals surface area contributed by atoms with Crippen molar-refractivity contribution in [3.8, 4) is 0 Å². The van der Waals surface area contributed by atoms with Crippen LogP contribution in [0.25, 0.3) is 0 Å². The van der Waals surface area contributed by atoms with Crippen LogP contribution in [0.1, 0.15) is 37.7 Å². The minimum absolute atomic E-state index is 0.0931. The maximum absolute atomic E-state index is 9.75. The van der Waals surface area contributed by atoms with Crippen molar-refractivity contribution in [3.63, 3.8) is 0 Å². The largest absolute Gasteiger partial charge is 0.396 e. The quantitative estimate of drug-likeness (QED) is 0.838. The molecule has 0 saturated heterocycles. The van der Waals surface area contributed by atoms with Gasteiger partial charge in [0.1, 0.15) is 0 Å². The van der Waals surface area contributed by atoms with Crippen LogP contribution in [0.4, 0.5) is 5.69 Å². The first-order valence-corrected chi connectivity index (χ1v) is 7.72. The summed E-state index contributed by atoms with van der Waals surface area (Å²) in [6.45, 7) is 2.15. The lowest BCUT2D eigenvalue weighted by atomic mass is 9.74. The normalized spacial score (nSPS) is 18.2. The average Bonchev–Trinajstić information content (AvgIpc) is 2.46. The average molecular weight is 276 g/mol. The zero-order valence-corrected chi connectivity index (χ0v) is 12.9. The fraction of sp³-hybridized carbons (Fsp3) is 0.647. The van der Waals surface area contributed by atoms with E-state index in [0.717, 1.165) is 25.9 Å². The number of benzene rings is 1. The zero-order valence-electron chi connectivity index (χ0n) is 12.9. The molecule has 112 valence electrons. The van der Waals surface area contributed by atoms with Crippen LogP contribution < -0.4 is 5.32 Å². The second-order valence-electron chi connectivity index (χ2n) is 6.51. The number of nitrogens with zero attached hydrogens (tertiary/aromatic N) is 1. The molecule has 0 aromatic heterocycles. The number of rotatable bonds is 6. The molecule has 3 heteroatoms. The van der Waals surface area contributed by atoms with Gasteiger partial charge in [-0.3, -0.25) is 0 Å². The van der Waals surface area contributed by atoms with Gasteiger partial charge in [-0.2, -0.15) is 0 Å². The van der Waals surface area contributed by atoms with E-state index < -0.39 is 0 Å². The van der Waals surface area contributed by atoms with E-state index >= 15 is 0 Å². The summed E-state index contributed by atoms with van der Waals surface area (Å²) in [6, 6.07) is 8.60. The third-order valence-electron chi connectivity index (χ3n) is 4.34. The van der Waals surface area contributed by atoms with Crippen molar-refractivity contribution >= 4 is 5.69 Å². The van der Waals surface area contributed by atoms with Gasteiger partial charge in [-0.25, -0.2) is 0 Å². The van der Waals surface area contributed by atoms with E-state index in [4.69, 9.17) is 0 Å². The molecule has 2 rings (SSSR count). The van der Waals surface area contributed by atoms with Crippen molar-refractivity contribution in [1.29, 1.82) is 0 Å². The Balaban J connectivity index is 1.95. The Morgan fingerprint density at radius 2 is 1.95 bits per heavy atom. The summed E-state index contributed by atoms with van der Waals surface area (Å²) >= 11 is 0. The molecule has 1 fully saturated rings. The van der Waals surface area contributed by atoms with Gasteiger partial charge in [0.2, 0.25) is 0 Å². The molecule has 20 heavy (non-hydrogen) atoms. The number of hydrogen-bond donors (Lipinski definition) is 2. The standard InChI is InChI=1S/C17H28N2O/c1-19(2)12-15-7-6-8-16(11-15)18-13-17(14-20)9-4-3-5-10-17/h6-8,11,18,20H,3-5,9-10,12-14H2,1-2H3. The molecule has 0 bridgehead atoms. The van der Waals surface area contributed by atoms with Gasteiger partial charge in [0.15, 0.2) is 0 Å². The Kier molecular flexibility index (Phi) is 5.44. The van der Waals surface area contributed by atoms with Crippen molar-refractivity contribution in [1.82, 2.24) is 4.90 Å². The maximum atomic E-state index is 9.75. The van der Waals surface area contributed by atoms with Crippen molar-refractivity contribution in [2.45, 2.75) is 38.6 Å². The van der Waals surface area contributed by atoms with Gasteiger partial charge in [0.25, 0.3) is 0 Å². The highest BCUT2D eigenvalue weighted by Gasteiger charge is 2.30. The van der Waals surface area contributed by atoms with Gasteiger partial charge in [0.05, 0.1) is 6.61 Å². The minimum atomic E-state index is 0.0931. The number of hydrogen-bond acceptors (Lipinski definition) is 3. The molecule has 0 heterocycles. The second kappa shape index (κ2) is 7.09. The number of nitrogens with one attached hydrogen (secondary N) is 1. The monoisotopic (exact) mass is 276 g/mol. The van der Waals surface area contributed by atoms with Crippen molar-refractivity contribution in [2.24, 2.45) is 5.41 Å². The number of aliphatic hydroxyl groups is 1. The Labute approximate surface area is 123 Å². The van der Waals surface area contributed by atoms with Crippen molar-refractivity contribution < 1.29 is 5.11 Å². The van der Waals surface area contributed by atoms with Gasteiger partial charge in [-0.1, -0.05) is 31.4 Å². The van der Waals surface area contributed by atoms with Crippen LogP contribution in [0.3, 0.4) is 0 Å². The molecule has 0 amide bonds. The molecule has 1 aliphatic carbocycles. The summed E-state index contributed by atoms with van der Waals surface area (Å²) in [5.74, 6) is 0. The highest BCUT2D eigenvalue weighted by atomic mass is 16.3. The van der Waals surface area contributed by atoms with Gasteiger partial charge in [-0.05, 0) is 44.6 Å². The molecular weight excluding hydrogens is 248 g/mol. The first-order chi connectivity index (χ1) is 9.63. The highest BCUT2D eigenvalue weighted by Crippen LogP contribution is 2.36. The topological polar surface area (TPSA) is 35.5 Å². The maximum Gasteiger partial charge on any atom is 0.0504 e. The Hall–Kier alpha value is -1.06. The van der Waals surface area contributed by atoms with E-state index in [2.05, 4.69) is 48.6 Å². The van der Waals surface area contributed by atoms with Gasteiger partial charge < -0.3 is 15.3 Å². The Bertz CT molecular complexity index is 411. The summed E-state index contributed by atoms with van der Waals surface area (Å²) in [5, 5.41) is 13.3. The molecule has 0 spiro atoms. The summed E-state index contributed by atoms with van der Waals surface area (Å²) in [6.07, 6.45) is 6.12. The van der Waals surface area contributed by atoms with Crippen molar-refractivity contribution in [3.05, 3.63) is 29.8 Å². The fourth-order valence-corrected chi connectivity index (χ4v) is 3.13. The lowest BCUT2D eigenvalue weighted by Crippen LogP contribution is -2.35. The number of anilines is 1.